The van der Waals surface area contributed by atoms with Crippen molar-refractivity contribution in [3.05, 3.63) is 0 Å². The number of nitrogens with two attached hydrogens (primary N) is 1. The molecule has 0 radical (unpaired) electrons. The molecule has 0 aliphatic carbocycles. The van der Waals surface area contributed by atoms with Crippen LogP contribution in [0.15, 0.2) is 0 Å². The third-order valence-electron chi connectivity index (χ3n) is 2.52. The van der Waals surface area contributed by atoms with Gasteiger partial charge in [0.05, 0.1) is 6.42 Å². The molecular weight excluding hydrogens is 217 g/mol. The highest BCUT2D eigenvalue weighted by atomic mass is 19.4. The van der Waals surface area contributed by atoms with Crippen LogP contribution in [0.1, 0.15) is 38.5 Å². The number of alkyl halides is 3. The van der Waals surface area contributed by atoms with Gasteiger partial charge < -0.3 is 10.6 Å². The number of hydrogen-bond acceptors (Lipinski definition) is 2. The molecule has 0 aromatic heterocycles. The van der Waals surface area contributed by atoms with Crippen LogP contribution in [0.3, 0.4) is 0 Å². The first-order chi connectivity index (χ1) is 7.45. The van der Waals surface area contributed by atoms with Gasteiger partial charge in [-0.15, -0.1) is 0 Å². The second-order valence-electron chi connectivity index (χ2n) is 4.22. The van der Waals surface area contributed by atoms with Gasteiger partial charge in [-0.05, 0) is 33.0 Å². The molecular formula is C11H23F3N2. The molecule has 0 aromatic rings. The van der Waals surface area contributed by atoms with Crippen LogP contribution in [0.25, 0.3) is 0 Å². The largest absolute Gasteiger partial charge is 0.390 e. The van der Waals surface area contributed by atoms with Gasteiger partial charge in [0.1, 0.15) is 0 Å². The molecule has 0 bridgehead atoms. The summed E-state index contributed by atoms with van der Waals surface area (Å²) in [5.74, 6) is 0. The first kappa shape index (κ1) is 15.7. The molecule has 0 aromatic carbocycles. The third-order valence-corrected chi connectivity index (χ3v) is 2.52. The molecule has 2 N–H and O–H groups in total. The van der Waals surface area contributed by atoms with Crippen molar-refractivity contribution in [1.29, 1.82) is 0 Å². The SMILES string of the molecule is CN(CCCCCCCN)CCC(F)(F)F. The Balaban J connectivity index is 3.27. The number of rotatable bonds is 9. The average Bonchev–Trinajstić information content (AvgIpc) is 2.19. The molecule has 0 amide bonds. The first-order valence-electron chi connectivity index (χ1n) is 5.91. The minimum absolute atomic E-state index is 0.103. The Labute approximate surface area is 96.0 Å². The van der Waals surface area contributed by atoms with Crippen molar-refractivity contribution in [2.45, 2.75) is 44.7 Å². The zero-order valence-corrected chi connectivity index (χ0v) is 10.0. The van der Waals surface area contributed by atoms with E-state index in [-0.39, 0.29) is 6.54 Å². The maximum atomic E-state index is 11.9. The van der Waals surface area contributed by atoms with Crippen LogP contribution in [0.2, 0.25) is 0 Å². The minimum atomic E-state index is -4.03. The summed E-state index contributed by atoms with van der Waals surface area (Å²) in [6.07, 6.45) is 0.609. The maximum absolute atomic E-state index is 11.9. The fourth-order valence-corrected chi connectivity index (χ4v) is 1.49. The van der Waals surface area contributed by atoms with Gasteiger partial charge in [-0.25, -0.2) is 0 Å². The zero-order valence-electron chi connectivity index (χ0n) is 10.0. The first-order valence-corrected chi connectivity index (χ1v) is 5.91. The van der Waals surface area contributed by atoms with E-state index in [2.05, 4.69) is 0 Å². The Morgan fingerprint density at radius 1 is 0.938 bits per heavy atom. The molecule has 98 valence electrons. The van der Waals surface area contributed by atoms with Gasteiger partial charge in [-0.3, -0.25) is 0 Å². The standard InChI is InChI=1S/C11H23F3N2/c1-16(10-7-11(12,13)14)9-6-4-2-3-5-8-15/h2-10,15H2,1H3. The molecule has 16 heavy (non-hydrogen) atoms. The van der Waals surface area contributed by atoms with E-state index in [9.17, 15) is 13.2 Å². The summed E-state index contributed by atoms with van der Waals surface area (Å²) in [7, 11) is 1.74. The Bertz CT molecular complexity index is 160. The highest BCUT2D eigenvalue weighted by Crippen LogP contribution is 2.19. The molecule has 0 fully saturated rings. The van der Waals surface area contributed by atoms with Crippen molar-refractivity contribution in [1.82, 2.24) is 4.90 Å². The number of nitrogens with zero attached hydrogens (tertiary/aromatic N) is 1. The molecule has 0 spiro atoms. The summed E-state index contributed by atoms with van der Waals surface area (Å²) < 4.78 is 35.7. The van der Waals surface area contributed by atoms with Crippen LogP contribution >= 0.6 is 0 Å². The molecule has 0 saturated carbocycles. The van der Waals surface area contributed by atoms with Gasteiger partial charge in [0.25, 0.3) is 0 Å². The lowest BCUT2D eigenvalue weighted by Crippen LogP contribution is -2.25. The van der Waals surface area contributed by atoms with Gasteiger partial charge in [-0.1, -0.05) is 19.3 Å². The van der Waals surface area contributed by atoms with Crippen LogP contribution < -0.4 is 5.73 Å². The van der Waals surface area contributed by atoms with Gasteiger partial charge >= 0.3 is 6.18 Å². The smallest absolute Gasteiger partial charge is 0.330 e. The Hall–Kier alpha value is -0.290. The molecule has 0 aliphatic rings. The second-order valence-corrected chi connectivity index (χ2v) is 4.22. The van der Waals surface area contributed by atoms with Crippen molar-refractivity contribution < 1.29 is 13.2 Å². The van der Waals surface area contributed by atoms with E-state index in [0.717, 1.165) is 45.2 Å². The van der Waals surface area contributed by atoms with Crippen LogP contribution in [-0.4, -0.2) is 37.8 Å². The Morgan fingerprint density at radius 3 is 2.06 bits per heavy atom. The van der Waals surface area contributed by atoms with Gasteiger partial charge in [0.2, 0.25) is 0 Å². The Kier molecular flexibility index (Phi) is 8.66. The topological polar surface area (TPSA) is 29.3 Å². The highest BCUT2D eigenvalue weighted by Gasteiger charge is 2.26. The molecule has 0 unspecified atom stereocenters. The van der Waals surface area contributed by atoms with Crippen LogP contribution in [-0.2, 0) is 0 Å². The quantitative estimate of drug-likeness (QED) is 0.628. The van der Waals surface area contributed by atoms with Crippen molar-refractivity contribution >= 4 is 0 Å². The third kappa shape index (κ3) is 11.8. The molecule has 0 atom stereocenters. The molecule has 0 rings (SSSR count). The van der Waals surface area contributed by atoms with E-state index in [1.165, 1.54) is 0 Å². The number of hydrogen-bond donors (Lipinski definition) is 1. The van der Waals surface area contributed by atoms with E-state index >= 15 is 0 Å². The molecule has 2 nitrogen and oxygen atoms in total. The molecule has 5 heteroatoms. The summed E-state index contributed by atoms with van der Waals surface area (Å²) >= 11 is 0. The normalized spacial score (nSPS) is 12.4. The van der Waals surface area contributed by atoms with Gasteiger partial charge in [0, 0.05) is 6.54 Å². The summed E-state index contributed by atoms with van der Waals surface area (Å²) in [5, 5.41) is 0. The second kappa shape index (κ2) is 8.82. The van der Waals surface area contributed by atoms with Crippen LogP contribution in [0, 0.1) is 0 Å². The summed E-state index contributed by atoms with van der Waals surface area (Å²) in [5.41, 5.74) is 5.36. The predicted molar refractivity (Wildman–Crippen MR) is 60.3 cm³/mol. The lowest BCUT2D eigenvalue weighted by atomic mass is 10.1. The van der Waals surface area contributed by atoms with Crippen molar-refractivity contribution in [2.75, 3.05) is 26.7 Å². The number of unbranched alkanes of at least 4 members (excludes halogenated alkanes) is 4. The van der Waals surface area contributed by atoms with E-state index in [1.54, 1.807) is 11.9 Å². The predicted octanol–water partition coefficient (Wildman–Crippen LogP) is 2.78. The van der Waals surface area contributed by atoms with Crippen molar-refractivity contribution in [3.8, 4) is 0 Å². The monoisotopic (exact) mass is 240 g/mol. The van der Waals surface area contributed by atoms with E-state index in [4.69, 9.17) is 5.73 Å². The summed E-state index contributed by atoms with van der Waals surface area (Å²) in [6.45, 7) is 1.58. The zero-order chi connectivity index (χ0) is 12.4. The van der Waals surface area contributed by atoms with Crippen LogP contribution in [0.5, 0.6) is 0 Å². The van der Waals surface area contributed by atoms with E-state index in [1.807, 2.05) is 0 Å². The number of halogens is 3. The molecule has 0 aliphatic heterocycles. The fourth-order valence-electron chi connectivity index (χ4n) is 1.49. The lowest BCUT2D eigenvalue weighted by molar-refractivity contribution is -0.137. The minimum Gasteiger partial charge on any atom is -0.330 e. The van der Waals surface area contributed by atoms with Gasteiger partial charge in [-0.2, -0.15) is 13.2 Å². The van der Waals surface area contributed by atoms with Gasteiger partial charge in [0.15, 0.2) is 0 Å². The fraction of sp³-hybridized carbons (Fsp3) is 1.00. The van der Waals surface area contributed by atoms with E-state index < -0.39 is 12.6 Å². The highest BCUT2D eigenvalue weighted by molar-refractivity contribution is 4.57. The maximum Gasteiger partial charge on any atom is 0.390 e. The Morgan fingerprint density at radius 2 is 1.50 bits per heavy atom. The van der Waals surface area contributed by atoms with E-state index in [0.29, 0.717) is 0 Å². The summed E-state index contributed by atoms with van der Waals surface area (Å²) in [6, 6.07) is 0. The lowest BCUT2D eigenvalue weighted by Gasteiger charge is -2.17. The van der Waals surface area contributed by atoms with Crippen molar-refractivity contribution in [3.63, 3.8) is 0 Å². The van der Waals surface area contributed by atoms with Crippen LogP contribution in [0.4, 0.5) is 13.2 Å². The average molecular weight is 240 g/mol. The molecule has 0 saturated heterocycles. The van der Waals surface area contributed by atoms with Crippen molar-refractivity contribution in [2.24, 2.45) is 5.73 Å². The summed E-state index contributed by atoms with van der Waals surface area (Å²) in [4.78, 5) is 1.75. The molecule has 0 heterocycles.